The molecule has 14 heteroatoms. The number of aliphatic hydroxyl groups excluding tert-OH is 1. The first kappa shape index (κ1) is 27.4. The van der Waals surface area contributed by atoms with Gasteiger partial charge >= 0.3 is 6.61 Å². The summed E-state index contributed by atoms with van der Waals surface area (Å²) in [6, 6.07) is 8.40. The Morgan fingerprint density at radius 1 is 1.12 bits per heavy atom. The normalized spacial score (nSPS) is 19.7. The van der Waals surface area contributed by atoms with Crippen molar-refractivity contribution in [1.29, 1.82) is 0 Å². The lowest BCUT2D eigenvalue weighted by Crippen LogP contribution is -2.54. The van der Waals surface area contributed by atoms with Crippen molar-refractivity contribution in [1.82, 2.24) is 24.4 Å². The molecule has 0 aliphatic carbocycles. The average molecular weight is 551 g/mol. The van der Waals surface area contributed by atoms with Crippen molar-refractivity contribution in [2.75, 3.05) is 6.61 Å². The van der Waals surface area contributed by atoms with Crippen LogP contribution in [0.1, 0.15) is 59.4 Å². The molecule has 202 valence electrons. The minimum absolute atomic E-state index is 0.0984. The Kier molecular flexibility index (Phi) is 6.46. The summed E-state index contributed by atoms with van der Waals surface area (Å²) in [5.41, 5.74) is 1.38. The lowest BCUT2D eigenvalue weighted by Gasteiger charge is -2.41. The quantitative estimate of drug-likeness (QED) is 0.339. The van der Waals surface area contributed by atoms with E-state index in [0.717, 1.165) is 4.90 Å². The van der Waals surface area contributed by atoms with Gasteiger partial charge in [-0.2, -0.15) is 8.78 Å². The van der Waals surface area contributed by atoms with E-state index >= 15 is 0 Å². The number of nitrogens with zero attached hydrogens (tertiary/aromatic N) is 5. The minimum Gasteiger partial charge on any atom is -0.434 e. The third-order valence-electron chi connectivity index (χ3n) is 7.81. The number of carbonyl (C=O) groups is 1. The summed E-state index contributed by atoms with van der Waals surface area (Å²) in [6.45, 7) is -1.92. The van der Waals surface area contributed by atoms with E-state index < -0.39 is 42.0 Å². The third kappa shape index (κ3) is 4.31. The Hall–Kier alpha value is -3.77. The second kappa shape index (κ2) is 9.66. The number of benzene rings is 2. The average Bonchev–Trinajstić information content (AvgIpc) is 3.44. The van der Waals surface area contributed by atoms with E-state index in [0.29, 0.717) is 28.0 Å². The fraction of sp³-hybridized carbons (Fsp3) is 0.333. The van der Waals surface area contributed by atoms with Crippen LogP contribution >= 0.6 is 0 Å². The van der Waals surface area contributed by atoms with Gasteiger partial charge in [0.1, 0.15) is 17.2 Å². The zero-order chi connectivity index (χ0) is 29.3. The molecule has 0 saturated heterocycles. The largest absolute Gasteiger partial charge is 0.434 e. The first-order valence-electron chi connectivity index (χ1n) is 12.9. The van der Waals surface area contributed by atoms with E-state index in [9.17, 15) is 23.8 Å². The van der Waals surface area contributed by atoms with Gasteiger partial charge in [-0.1, -0.05) is 24.3 Å². The summed E-state index contributed by atoms with van der Waals surface area (Å²) in [7, 11) is 18.2. The van der Waals surface area contributed by atoms with Crippen LogP contribution in [0.4, 0.5) is 8.78 Å². The number of fused-ring (bicyclic) bond motifs is 9. The number of alkyl halides is 2. The monoisotopic (exact) mass is 551 g/mol. The highest BCUT2D eigenvalue weighted by Gasteiger charge is 2.48. The van der Waals surface area contributed by atoms with Gasteiger partial charge in [0.2, 0.25) is 0 Å². The van der Waals surface area contributed by atoms with Crippen molar-refractivity contribution in [3.8, 4) is 16.9 Å². The molecule has 3 atom stereocenters. The summed E-state index contributed by atoms with van der Waals surface area (Å²) in [6.07, 6.45) is 3.54. The Bertz CT molecular complexity index is 1660. The standard InChI is InChI=1S/C27H22B3F2N5O4/c1-2-26(40,12-38)24-33-10-14(11-34-24)13-6-7-16-17(8-13)36-18-9-19(22(36)35-16)37(27(28,29)30)23(39)15-4-3-5-20(21(15)18)41-25(31)32/h3-8,10-11,18-19,25,38,40H,2,9,12H2,1H3/t18-,19+,26-/m1/s1. The molecule has 41 heavy (non-hydrogen) atoms. The second-order valence-electron chi connectivity index (χ2n) is 10.3. The molecule has 9 nitrogen and oxygen atoms in total. The molecule has 2 aliphatic heterocycles. The van der Waals surface area contributed by atoms with Crippen LogP contribution in [0.25, 0.3) is 22.2 Å². The van der Waals surface area contributed by atoms with Gasteiger partial charge < -0.3 is 24.4 Å². The van der Waals surface area contributed by atoms with Gasteiger partial charge in [0.05, 0.1) is 53.3 Å². The van der Waals surface area contributed by atoms with Crippen molar-refractivity contribution in [3.05, 3.63) is 71.6 Å². The van der Waals surface area contributed by atoms with Crippen LogP contribution < -0.4 is 4.74 Å². The fourth-order valence-corrected chi connectivity index (χ4v) is 5.79. The van der Waals surface area contributed by atoms with Crippen LogP contribution in [0.15, 0.2) is 48.8 Å². The highest BCUT2D eigenvalue weighted by molar-refractivity contribution is 6.60. The lowest BCUT2D eigenvalue weighted by molar-refractivity contribution is -0.0507. The van der Waals surface area contributed by atoms with Gasteiger partial charge in [-0.05, 0) is 36.2 Å². The number of aliphatic hydroxyl groups is 2. The zero-order valence-electron chi connectivity index (χ0n) is 21.9. The van der Waals surface area contributed by atoms with Gasteiger partial charge in [0, 0.05) is 35.5 Å². The number of carbonyl (C=O) groups excluding carboxylic acids is 1. The minimum atomic E-state index is -3.12. The van der Waals surface area contributed by atoms with Crippen LogP contribution in [-0.4, -0.2) is 82.5 Å². The first-order valence-corrected chi connectivity index (χ1v) is 12.9. The Labute approximate surface area is 237 Å². The predicted molar refractivity (Wildman–Crippen MR) is 147 cm³/mol. The molecule has 1 amide bonds. The number of imidazole rings is 1. The molecule has 4 heterocycles. The summed E-state index contributed by atoms with van der Waals surface area (Å²) in [5, 5.41) is 18.1. The van der Waals surface area contributed by atoms with Gasteiger partial charge in [-0.25, -0.2) is 15.0 Å². The summed E-state index contributed by atoms with van der Waals surface area (Å²) >= 11 is 0. The Morgan fingerprint density at radius 2 is 1.85 bits per heavy atom. The molecule has 2 aromatic carbocycles. The molecule has 2 aliphatic rings. The number of halogens is 2. The number of hydrogen-bond acceptors (Lipinski definition) is 7. The molecule has 6 rings (SSSR count). The zero-order valence-corrected chi connectivity index (χ0v) is 21.9. The Morgan fingerprint density at radius 3 is 2.49 bits per heavy atom. The Balaban J connectivity index is 1.53. The van der Waals surface area contributed by atoms with E-state index in [2.05, 4.69) is 9.97 Å². The molecule has 6 radical (unpaired) electrons. The molecule has 2 N–H and O–H groups in total. The number of aromatic nitrogens is 4. The fourth-order valence-electron chi connectivity index (χ4n) is 5.79. The summed E-state index contributed by atoms with van der Waals surface area (Å²) in [5.74, 6) is -0.216. The van der Waals surface area contributed by atoms with Crippen LogP contribution in [0.2, 0.25) is 0 Å². The van der Waals surface area contributed by atoms with E-state index in [1.807, 2.05) is 16.7 Å². The molecule has 2 aromatic heterocycles. The van der Waals surface area contributed by atoms with E-state index in [-0.39, 0.29) is 35.5 Å². The molecule has 0 fully saturated rings. The SMILES string of the molecule is [B]C([B])([B])N1C(=O)c2cccc(OC(F)F)c2[C@H]2C[C@H]1c1nc3ccc(-c4cnc([C@@](O)(CC)CO)nc4)cc3n12. The molecule has 0 spiro atoms. The molecular weight excluding hydrogens is 529 g/mol. The number of amides is 1. The summed E-state index contributed by atoms with van der Waals surface area (Å²) < 4.78 is 33.6. The molecule has 2 bridgehead atoms. The van der Waals surface area contributed by atoms with Gasteiger partial charge in [0.25, 0.3) is 5.91 Å². The van der Waals surface area contributed by atoms with Gasteiger partial charge in [-0.15, -0.1) is 0 Å². The van der Waals surface area contributed by atoms with Crippen LogP contribution in [-0.2, 0) is 5.60 Å². The van der Waals surface area contributed by atoms with Crippen LogP contribution in [0.5, 0.6) is 5.75 Å². The smallest absolute Gasteiger partial charge is 0.387 e. The van der Waals surface area contributed by atoms with E-state index in [1.165, 1.54) is 18.2 Å². The van der Waals surface area contributed by atoms with Crippen molar-refractivity contribution in [2.24, 2.45) is 0 Å². The van der Waals surface area contributed by atoms with Gasteiger partial charge in [0.15, 0.2) is 5.82 Å². The molecular formula is C27H22B3F2N5O4. The maximum Gasteiger partial charge on any atom is 0.387 e. The number of ether oxygens (including phenoxy) is 1. The predicted octanol–water partition coefficient (Wildman–Crippen LogP) is 2.29. The molecule has 0 saturated carbocycles. The lowest BCUT2D eigenvalue weighted by atomic mass is 9.48. The first-order chi connectivity index (χ1) is 19.5. The van der Waals surface area contributed by atoms with E-state index in [4.69, 9.17) is 33.3 Å². The molecule has 4 aromatic rings. The maximum atomic E-state index is 13.7. The van der Waals surface area contributed by atoms with Crippen LogP contribution in [0.3, 0.4) is 0 Å². The topological polar surface area (TPSA) is 114 Å². The molecule has 0 unspecified atom stereocenters. The highest BCUT2D eigenvalue weighted by atomic mass is 19.3. The third-order valence-corrected chi connectivity index (χ3v) is 7.81. The van der Waals surface area contributed by atoms with E-state index in [1.54, 1.807) is 25.4 Å². The van der Waals surface area contributed by atoms with Crippen molar-refractivity contribution < 1.29 is 28.5 Å². The van der Waals surface area contributed by atoms with Crippen molar-refractivity contribution in [2.45, 2.75) is 49.3 Å². The van der Waals surface area contributed by atoms with Crippen molar-refractivity contribution in [3.63, 3.8) is 0 Å². The number of hydrogen-bond donors (Lipinski definition) is 2. The van der Waals surface area contributed by atoms with Gasteiger partial charge in [-0.3, -0.25) is 4.79 Å². The summed E-state index contributed by atoms with van der Waals surface area (Å²) in [4.78, 5) is 28.1. The maximum absolute atomic E-state index is 13.7. The van der Waals surface area contributed by atoms with Crippen LogP contribution in [0, 0.1) is 0 Å². The highest BCUT2D eigenvalue weighted by Crippen LogP contribution is 2.51. The second-order valence-corrected chi connectivity index (χ2v) is 10.3. The van der Waals surface area contributed by atoms with Crippen molar-refractivity contribution >= 4 is 40.5 Å². The number of rotatable bonds is 7.